The van der Waals surface area contributed by atoms with Crippen LogP contribution in [0.4, 0.5) is 4.39 Å². The van der Waals surface area contributed by atoms with Crippen molar-refractivity contribution in [3.8, 4) is 5.75 Å². The van der Waals surface area contributed by atoms with E-state index in [9.17, 15) is 9.18 Å². The summed E-state index contributed by atoms with van der Waals surface area (Å²) in [6, 6.07) is 5.96. The van der Waals surface area contributed by atoms with Crippen LogP contribution in [0, 0.1) is 5.82 Å². The molecule has 1 aliphatic rings. The van der Waals surface area contributed by atoms with Crippen molar-refractivity contribution in [1.82, 2.24) is 4.90 Å². The van der Waals surface area contributed by atoms with E-state index in [1.165, 1.54) is 35.0 Å². The van der Waals surface area contributed by atoms with Gasteiger partial charge in [-0.15, -0.1) is 11.8 Å². The molecular weight excluding hydrogens is 305 g/mol. The van der Waals surface area contributed by atoms with Crippen molar-refractivity contribution in [2.75, 3.05) is 12.1 Å². The third-order valence-electron chi connectivity index (χ3n) is 2.73. The topological polar surface area (TPSA) is 54.3 Å². The van der Waals surface area contributed by atoms with Crippen molar-refractivity contribution >= 4 is 30.7 Å². The van der Waals surface area contributed by atoms with Crippen molar-refractivity contribution in [3.05, 3.63) is 53.8 Å². The number of benzene rings is 1. The minimum Gasteiger partial charge on any atom is -0.437 e. The molecule has 0 fully saturated rings. The van der Waals surface area contributed by atoms with Crippen molar-refractivity contribution in [3.63, 3.8) is 0 Å². The van der Waals surface area contributed by atoms with E-state index in [1.807, 2.05) is 6.26 Å². The second-order valence-electron chi connectivity index (χ2n) is 4.16. The molecule has 1 aromatic rings. The van der Waals surface area contributed by atoms with Crippen LogP contribution in [0.5, 0.6) is 5.75 Å². The van der Waals surface area contributed by atoms with Gasteiger partial charge in [0, 0.05) is 17.8 Å². The van der Waals surface area contributed by atoms with Gasteiger partial charge in [-0.1, -0.05) is 12.1 Å². The summed E-state index contributed by atoms with van der Waals surface area (Å²) in [5.74, 6) is 0.529. The number of para-hydroxylation sites is 1. The van der Waals surface area contributed by atoms with Gasteiger partial charge in [0.2, 0.25) is 12.3 Å². The summed E-state index contributed by atoms with van der Waals surface area (Å²) in [5, 5.41) is 0. The van der Waals surface area contributed by atoms with E-state index < -0.39 is 5.82 Å². The number of thioether (sulfide) groups is 1. The zero-order valence-electron chi connectivity index (χ0n) is 11.9. The lowest BCUT2D eigenvalue weighted by Gasteiger charge is -2.16. The predicted octanol–water partition coefficient (Wildman–Crippen LogP) is 2.82. The number of carbonyl (C=O) groups excluding carboxylic acids is 1. The van der Waals surface area contributed by atoms with Gasteiger partial charge in [0.15, 0.2) is 11.6 Å². The zero-order valence-corrected chi connectivity index (χ0v) is 12.7. The summed E-state index contributed by atoms with van der Waals surface area (Å²) in [6.07, 6.45) is 5.49. The Labute approximate surface area is 131 Å². The van der Waals surface area contributed by atoms with Crippen LogP contribution < -0.4 is 4.74 Å². The Hall–Kier alpha value is -2.41. The fraction of sp³-hybridized carbons (Fsp3) is 0.133. The molecule has 22 heavy (non-hydrogen) atoms. The maximum Gasteiger partial charge on any atom is 0.222 e. The first kappa shape index (κ1) is 16.0. The number of amidine groups is 1. The lowest BCUT2D eigenvalue weighted by molar-refractivity contribution is -0.114. The smallest absolute Gasteiger partial charge is 0.222 e. The molecule has 1 aromatic carbocycles. The Balaban J connectivity index is 2.36. The van der Waals surface area contributed by atoms with E-state index in [1.54, 1.807) is 18.2 Å². The van der Waals surface area contributed by atoms with Gasteiger partial charge in [-0.05, 0) is 25.1 Å². The van der Waals surface area contributed by atoms with Gasteiger partial charge in [-0.2, -0.15) is 0 Å². The van der Waals surface area contributed by atoms with Gasteiger partial charge in [-0.3, -0.25) is 14.8 Å². The zero-order chi connectivity index (χ0) is 15.9. The molecule has 0 radical (unpaired) electrons. The van der Waals surface area contributed by atoms with Crippen molar-refractivity contribution in [2.24, 2.45) is 9.98 Å². The quantitative estimate of drug-likeness (QED) is 0.598. The monoisotopic (exact) mass is 319 g/mol. The molecule has 2 rings (SSSR count). The highest BCUT2D eigenvalue weighted by molar-refractivity contribution is 7.98. The van der Waals surface area contributed by atoms with E-state index in [-0.39, 0.29) is 11.6 Å². The average molecular weight is 319 g/mol. The van der Waals surface area contributed by atoms with Crippen molar-refractivity contribution in [2.45, 2.75) is 0 Å². The van der Waals surface area contributed by atoms with E-state index in [0.29, 0.717) is 23.7 Å². The SMILES string of the molecule is C=N/C=C1/C=C(Oc2ccccc2F)N(C=O)/C1=N/CSC. The van der Waals surface area contributed by atoms with Crippen LogP contribution in [0.1, 0.15) is 0 Å². The summed E-state index contributed by atoms with van der Waals surface area (Å²) < 4.78 is 19.2. The number of aliphatic imine (C=N–C) groups is 2. The molecule has 0 bridgehead atoms. The Morgan fingerprint density at radius 2 is 2.23 bits per heavy atom. The van der Waals surface area contributed by atoms with Gasteiger partial charge in [0.25, 0.3) is 0 Å². The predicted molar refractivity (Wildman–Crippen MR) is 86.5 cm³/mol. The minimum absolute atomic E-state index is 0.0256. The molecule has 0 saturated carbocycles. The molecule has 0 N–H and O–H groups in total. The summed E-state index contributed by atoms with van der Waals surface area (Å²) >= 11 is 1.50. The number of nitrogens with zero attached hydrogens (tertiary/aromatic N) is 3. The molecule has 0 saturated heterocycles. The lowest BCUT2D eigenvalue weighted by Crippen LogP contribution is -2.27. The number of carbonyl (C=O) groups is 1. The van der Waals surface area contributed by atoms with Gasteiger partial charge in [-0.25, -0.2) is 9.29 Å². The molecule has 1 heterocycles. The molecule has 1 aliphatic heterocycles. The number of ether oxygens (including phenoxy) is 1. The van der Waals surface area contributed by atoms with Crippen molar-refractivity contribution < 1.29 is 13.9 Å². The molecule has 5 nitrogen and oxygen atoms in total. The Morgan fingerprint density at radius 3 is 2.86 bits per heavy atom. The second kappa shape index (κ2) is 7.56. The van der Waals surface area contributed by atoms with Gasteiger partial charge >= 0.3 is 0 Å². The van der Waals surface area contributed by atoms with Crippen LogP contribution >= 0.6 is 11.8 Å². The molecule has 1 amide bonds. The standard InChI is InChI=1S/C15H14FN3O2S/c1-17-8-11-7-14(19(10-20)15(11)18-9-22-2)21-13-6-4-3-5-12(13)16/h3-8,10H,1,9H2,2H3/b11-8-,18-15+. The third kappa shape index (κ3) is 3.43. The van der Waals surface area contributed by atoms with Crippen LogP contribution in [0.2, 0.25) is 0 Å². The first-order valence-corrected chi connectivity index (χ1v) is 7.69. The van der Waals surface area contributed by atoms with Gasteiger partial charge in [0.05, 0.1) is 5.88 Å². The van der Waals surface area contributed by atoms with Crippen LogP contribution in [-0.4, -0.2) is 36.0 Å². The van der Waals surface area contributed by atoms with Crippen LogP contribution in [0.25, 0.3) is 0 Å². The average Bonchev–Trinajstić information content (AvgIpc) is 2.84. The summed E-state index contributed by atoms with van der Waals surface area (Å²) in [7, 11) is 0. The van der Waals surface area contributed by atoms with Crippen LogP contribution in [-0.2, 0) is 4.79 Å². The first-order chi connectivity index (χ1) is 10.7. The largest absolute Gasteiger partial charge is 0.437 e. The summed E-state index contributed by atoms with van der Waals surface area (Å²) in [5.41, 5.74) is 0.572. The Bertz CT molecular complexity index is 671. The maximum absolute atomic E-state index is 13.7. The molecule has 7 heteroatoms. The normalized spacial score (nSPS) is 17.7. The van der Waals surface area contributed by atoms with E-state index in [4.69, 9.17) is 4.74 Å². The van der Waals surface area contributed by atoms with E-state index in [0.717, 1.165) is 0 Å². The molecule has 0 atom stereocenters. The van der Waals surface area contributed by atoms with Crippen LogP contribution in [0.3, 0.4) is 0 Å². The Kier molecular flexibility index (Phi) is 5.48. The van der Waals surface area contributed by atoms with Crippen molar-refractivity contribution in [1.29, 1.82) is 0 Å². The highest BCUT2D eigenvalue weighted by atomic mass is 32.2. The number of hydrogen-bond donors (Lipinski definition) is 0. The number of amides is 1. The second-order valence-corrected chi connectivity index (χ2v) is 4.99. The number of rotatable bonds is 6. The highest BCUT2D eigenvalue weighted by Crippen LogP contribution is 2.26. The van der Waals surface area contributed by atoms with Crippen LogP contribution in [0.15, 0.2) is 58.0 Å². The van der Waals surface area contributed by atoms with E-state index in [2.05, 4.69) is 16.7 Å². The molecule has 0 aliphatic carbocycles. The summed E-state index contributed by atoms with van der Waals surface area (Å²) in [4.78, 5) is 20.6. The lowest BCUT2D eigenvalue weighted by atomic mass is 10.3. The minimum atomic E-state index is -0.517. The molecule has 114 valence electrons. The number of halogens is 1. The van der Waals surface area contributed by atoms with E-state index >= 15 is 0 Å². The maximum atomic E-state index is 13.7. The third-order valence-corrected chi connectivity index (χ3v) is 3.12. The first-order valence-electron chi connectivity index (χ1n) is 6.29. The highest BCUT2D eigenvalue weighted by Gasteiger charge is 2.28. The fourth-order valence-electron chi connectivity index (χ4n) is 1.82. The Morgan fingerprint density at radius 1 is 1.45 bits per heavy atom. The molecule has 0 spiro atoms. The fourth-order valence-corrected chi connectivity index (χ4v) is 2.07. The molecular formula is C15H14FN3O2S. The molecule has 0 unspecified atom stereocenters. The number of hydrogen-bond acceptors (Lipinski definition) is 5. The molecule has 0 aromatic heterocycles. The summed E-state index contributed by atoms with van der Waals surface area (Å²) in [6.45, 7) is 3.39. The van der Waals surface area contributed by atoms with Gasteiger partial charge < -0.3 is 4.74 Å². The van der Waals surface area contributed by atoms with Gasteiger partial charge in [0.1, 0.15) is 5.84 Å².